The van der Waals surface area contributed by atoms with Crippen LogP contribution >= 0.6 is 0 Å². The molecule has 1 N–H and O–H groups in total. The Hall–Kier alpha value is -3.26. The number of aromatic nitrogens is 3. The Labute approximate surface area is 206 Å². The number of pyridine rings is 1. The predicted octanol–water partition coefficient (Wildman–Crippen LogP) is 3.91. The second-order valence-electron chi connectivity index (χ2n) is 9.68. The van der Waals surface area contributed by atoms with Gasteiger partial charge in [0.2, 0.25) is 5.95 Å². The standard InChI is InChI=1S/C27H34N6O2/c1-19-3-5-23-22(17-19)26-24(7-10-28-23)30-27(32-13-15-35-16-14-32)33(26)20-8-11-31(12-9-20)25-6-4-21(34-2)18-29-25/h3-6,17-18,20,28H,7-16H2,1-2H3. The predicted molar refractivity (Wildman–Crippen MR) is 139 cm³/mol. The van der Waals surface area contributed by atoms with E-state index in [0.717, 1.165) is 82.7 Å². The number of morpholine rings is 1. The number of nitrogens with zero attached hydrogens (tertiary/aromatic N) is 5. The molecule has 3 aromatic rings. The fourth-order valence-electron chi connectivity index (χ4n) is 5.62. The molecule has 0 aliphatic carbocycles. The SMILES string of the molecule is COc1ccc(N2CCC(n3c(N4CCOCC4)nc4c3-c3cc(C)ccc3NCC4)CC2)nc1. The first kappa shape index (κ1) is 22.2. The van der Waals surface area contributed by atoms with Gasteiger partial charge in [-0.3, -0.25) is 0 Å². The fourth-order valence-corrected chi connectivity index (χ4v) is 5.62. The fraction of sp³-hybridized carbons (Fsp3) is 0.481. The summed E-state index contributed by atoms with van der Waals surface area (Å²) < 4.78 is 13.5. The molecule has 5 heterocycles. The second kappa shape index (κ2) is 9.41. The van der Waals surface area contributed by atoms with Gasteiger partial charge in [-0.25, -0.2) is 9.97 Å². The highest BCUT2D eigenvalue weighted by Crippen LogP contribution is 2.41. The highest BCUT2D eigenvalue weighted by molar-refractivity contribution is 5.80. The lowest BCUT2D eigenvalue weighted by molar-refractivity contribution is 0.121. The van der Waals surface area contributed by atoms with Gasteiger partial charge < -0.3 is 29.2 Å². The highest BCUT2D eigenvalue weighted by Gasteiger charge is 2.32. The Kier molecular flexibility index (Phi) is 5.98. The Bertz CT molecular complexity index is 1180. The van der Waals surface area contributed by atoms with Gasteiger partial charge in [-0.2, -0.15) is 0 Å². The molecule has 3 aliphatic heterocycles. The van der Waals surface area contributed by atoms with Crippen molar-refractivity contribution in [3.8, 4) is 17.0 Å². The van der Waals surface area contributed by atoms with Crippen LogP contribution in [-0.2, 0) is 11.2 Å². The van der Waals surface area contributed by atoms with Gasteiger partial charge in [-0.1, -0.05) is 11.6 Å². The van der Waals surface area contributed by atoms with E-state index < -0.39 is 0 Å². The maximum atomic E-state index is 5.67. The van der Waals surface area contributed by atoms with Crippen molar-refractivity contribution in [2.45, 2.75) is 32.2 Å². The van der Waals surface area contributed by atoms with Crippen molar-refractivity contribution in [2.24, 2.45) is 0 Å². The third-order valence-electron chi connectivity index (χ3n) is 7.48. The lowest BCUT2D eigenvalue weighted by Crippen LogP contribution is -2.40. The lowest BCUT2D eigenvalue weighted by atomic mass is 10.0. The monoisotopic (exact) mass is 474 g/mol. The van der Waals surface area contributed by atoms with Crippen LogP contribution in [0.3, 0.4) is 0 Å². The van der Waals surface area contributed by atoms with Gasteiger partial charge >= 0.3 is 0 Å². The van der Waals surface area contributed by atoms with E-state index in [1.807, 2.05) is 6.07 Å². The minimum Gasteiger partial charge on any atom is -0.495 e. The van der Waals surface area contributed by atoms with Gasteiger partial charge in [-0.05, 0) is 44.0 Å². The molecule has 2 aromatic heterocycles. The van der Waals surface area contributed by atoms with Gasteiger partial charge in [0.1, 0.15) is 11.6 Å². The Morgan fingerprint density at radius 3 is 2.60 bits per heavy atom. The minimum absolute atomic E-state index is 0.394. The molecule has 0 atom stereocenters. The van der Waals surface area contributed by atoms with Crippen LogP contribution in [0.4, 0.5) is 17.5 Å². The average Bonchev–Trinajstić information content (AvgIpc) is 3.20. The number of nitrogens with one attached hydrogen (secondary N) is 1. The maximum Gasteiger partial charge on any atom is 0.206 e. The van der Waals surface area contributed by atoms with E-state index in [0.29, 0.717) is 6.04 Å². The zero-order valence-electron chi connectivity index (χ0n) is 20.7. The van der Waals surface area contributed by atoms with E-state index in [2.05, 4.69) is 55.9 Å². The van der Waals surface area contributed by atoms with Crippen molar-refractivity contribution >= 4 is 17.5 Å². The molecule has 2 saturated heterocycles. The number of hydrogen-bond donors (Lipinski definition) is 1. The summed E-state index contributed by atoms with van der Waals surface area (Å²) in [7, 11) is 1.68. The van der Waals surface area contributed by atoms with Crippen LogP contribution in [0.2, 0.25) is 0 Å². The molecule has 184 valence electrons. The van der Waals surface area contributed by atoms with Gasteiger partial charge in [0.15, 0.2) is 0 Å². The summed E-state index contributed by atoms with van der Waals surface area (Å²) in [5.74, 6) is 2.93. The molecule has 0 saturated carbocycles. The number of methoxy groups -OCH3 is 1. The molecule has 8 nitrogen and oxygen atoms in total. The van der Waals surface area contributed by atoms with Crippen molar-refractivity contribution in [2.75, 3.05) is 68.2 Å². The van der Waals surface area contributed by atoms with E-state index in [4.69, 9.17) is 14.5 Å². The molecule has 2 fully saturated rings. The second-order valence-corrected chi connectivity index (χ2v) is 9.68. The van der Waals surface area contributed by atoms with E-state index in [1.54, 1.807) is 13.3 Å². The van der Waals surface area contributed by atoms with Crippen LogP contribution in [0.15, 0.2) is 36.5 Å². The number of ether oxygens (including phenoxy) is 2. The summed E-state index contributed by atoms with van der Waals surface area (Å²) in [6, 6.07) is 11.2. The molecule has 35 heavy (non-hydrogen) atoms. The molecule has 0 unspecified atom stereocenters. The van der Waals surface area contributed by atoms with Crippen LogP contribution in [0, 0.1) is 6.92 Å². The lowest BCUT2D eigenvalue weighted by Gasteiger charge is -2.37. The first-order valence-corrected chi connectivity index (χ1v) is 12.7. The quantitative estimate of drug-likeness (QED) is 0.615. The first-order chi connectivity index (χ1) is 17.2. The molecular formula is C27H34N6O2. The normalized spacial score (nSPS) is 18.5. The largest absolute Gasteiger partial charge is 0.495 e. The molecule has 8 heteroatoms. The van der Waals surface area contributed by atoms with Crippen LogP contribution in [0.5, 0.6) is 5.75 Å². The first-order valence-electron chi connectivity index (χ1n) is 12.7. The highest BCUT2D eigenvalue weighted by atomic mass is 16.5. The smallest absolute Gasteiger partial charge is 0.206 e. The summed E-state index contributed by atoms with van der Waals surface area (Å²) in [6.07, 6.45) is 4.85. The van der Waals surface area contributed by atoms with E-state index in [1.165, 1.54) is 28.2 Å². The van der Waals surface area contributed by atoms with Crippen LogP contribution < -0.4 is 19.9 Å². The number of rotatable bonds is 4. The third-order valence-corrected chi connectivity index (χ3v) is 7.48. The Morgan fingerprint density at radius 1 is 1.03 bits per heavy atom. The molecule has 6 rings (SSSR count). The summed E-state index contributed by atoms with van der Waals surface area (Å²) in [5.41, 5.74) is 6.28. The number of imidazole rings is 1. The zero-order valence-corrected chi connectivity index (χ0v) is 20.7. The molecule has 3 aliphatic rings. The van der Waals surface area contributed by atoms with Gasteiger partial charge in [0.05, 0.1) is 37.9 Å². The van der Waals surface area contributed by atoms with Gasteiger partial charge in [0, 0.05) is 56.4 Å². The number of aryl methyl sites for hydroxylation is 1. The minimum atomic E-state index is 0.394. The maximum absolute atomic E-state index is 5.67. The number of piperidine rings is 1. The van der Waals surface area contributed by atoms with Crippen molar-refractivity contribution in [3.63, 3.8) is 0 Å². The van der Waals surface area contributed by atoms with Crippen LogP contribution in [0.1, 0.15) is 30.1 Å². The average molecular weight is 475 g/mol. The molecule has 0 bridgehead atoms. The topological polar surface area (TPSA) is 67.7 Å². The number of hydrogen-bond acceptors (Lipinski definition) is 7. The van der Waals surface area contributed by atoms with Gasteiger partial charge in [-0.15, -0.1) is 0 Å². The Balaban J connectivity index is 1.36. The third kappa shape index (κ3) is 4.20. The molecule has 1 aromatic carbocycles. The van der Waals surface area contributed by atoms with Crippen molar-refractivity contribution in [1.82, 2.24) is 14.5 Å². The van der Waals surface area contributed by atoms with Crippen molar-refractivity contribution in [1.29, 1.82) is 0 Å². The summed E-state index contributed by atoms with van der Waals surface area (Å²) >= 11 is 0. The van der Waals surface area contributed by atoms with Crippen LogP contribution in [0.25, 0.3) is 11.3 Å². The van der Waals surface area contributed by atoms with E-state index in [-0.39, 0.29) is 0 Å². The summed E-state index contributed by atoms with van der Waals surface area (Å²) in [4.78, 5) is 14.7. The van der Waals surface area contributed by atoms with Crippen molar-refractivity contribution in [3.05, 3.63) is 47.8 Å². The van der Waals surface area contributed by atoms with Crippen LogP contribution in [-0.4, -0.2) is 67.6 Å². The number of anilines is 3. The molecule has 0 amide bonds. The molecule has 0 spiro atoms. The zero-order chi connectivity index (χ0) is 23.8. The van der Waals surface area contributed by atoms with E-state index >= 15 is 0 Å². The molecular weight excluding hydrogens is 440 g/mol. The summed E-state index contributed by atoms with van der Waals surface area (Å²) in [6.45, 7) is 8.33. The van der Waals surface area contributed by atoms with Crippen molar-refractivity contribution < 1.29 is 9.47 Å². The molecule has 0 radical (unpaired) electrons. The van der Waals surface area contributed by atoms with E-state index in [9.17, 15) is 0 Å². The van der Waals surface area contributed by atoms with Gasteiger partial charge in [0.25, 0.3) is 0 Å². The Morgan fingerprint density at radius 2 is 1.86 bits per heavy atom. The summed E-state index contributed by atoms with van der Waals surface area (Å²) in [5, 5.41) is 3.64. The number of benzene rings is 1. The number of fused-ring (bicyclic) bond motifs is 3.